The zero-order chi connectivity index (χ0) is 10.7. The molecule has 0 amide bonds. The minimum absolute atomic E-state index is 0.532. The summed E-state index contributed by atoms with van der Waals surface area (Å²) in [5.41, 5.74) is 0.715. The van der Waals surface area contributed by atoms with Gasteiger partial charge in [-0.25, -0.2) is 4.79 Å². The van der Waals surface area contributed by atoms with Crippen molar-refractivity contribution in [3.05, 3.63) is 37.7 Å². The van der Waals surface area contributed by atoms with Gasteiger partial charge in [0.15, 0.2) is 0 Å². The second-order valence-corrected chi connectivity index (χ2v) is 4.58. The second kappa shape index (κ2) is 4.96. The van der Waals surface area contributed by atoms with Gasteiger partial charge in [-0.05, 0) is 39.7 Å². The van der Waals surface area contributed by atoms with Crippen LogP contribution in [0.5, 0.6) is 0 Å². The van der Waals surface area contributed by atoms with Crippen molar-refractivity contribution in [2.24, 2.45) is 0 Å². The van der Waals surface area contributed by atoms with Crippen LogP contribution in [-0.4, -0.2) is 11.1 Å². The number of carbonyl (C=O) groups is 1. The standard InChI is InChI=1S/C9H5Br2ClO2/c10-6-3-5(1-2-8(13)14)9(11)7(12)4-6/h1-4H,(H,13,14)/b2-1+. The highest BCUT2D eigenvalue weighted by atomic mass is 79.9. The number of halogens is 3. The Kier molecular flexibility index (Phi) is 4.16. The van der Waals surface area contributed by atoms with E-state index in [9.17, 15) is 4.79 Å². The smallest absolute Gasteiger partial charge is 0.328 e. The van der Waals surface area contributed by atoms with E-state index in [0.717, 1.165) is 10.5 Å². The maximum Gasteiger partial charge on any atom is 0.328 e. The molecule has 1 rings (SSSR count). The summed E-state index contributed by atoms with van der Waals surface area (Å²) < 4.78 is 1.48. The van der Waals surface area contributed by atoms with Crippen molar-refractivity contribution in [1.29, 1.82) is 0 Å². The maximum absolute atomic E-state index is 10.3. The van der Waals surface area contributed by atoms with Crippen molar-refractivity contribution in [3.63, 3.8) is 0 Å². The van der Waals surface area contributed by atoms with Crippen LogP contribution >= 0.6 is 43.5 Å². The van der Waals surface area contributed by atoms with Crippen molar-refractivity contribution < 1.29 is 9.90 Å². The summed E-state index contributed by atoms with van der Waals surface area (Å²) in [5, 5.41) is 8.99. The Hall–Kier alpha value is -0.320. The predicted octanol–water partition coefficient (Wildman–Crippen LogP) is 3.96. The quantitative estimate of drug-likeness (QED) is 0.653. The number of carboxylic acid groups (broad SMARTS) is 1. The van der Waals surface area contributed by atoms with E-state index in [1.54, 1.807) is 12.1 Å². The first-order valence-electron chi connectivity index (χ1n) is 3.56. The van der Waals surface area contributed by atoms with Crippen molar-refractivity contribution in [2.45, 2.75) is 0 Å². The highest BCUT2D eigenvalue weighted by molar-refractivity contribution is 9.11. The zero-order valence-corrected chi connectivity index (χ0v) is 10.7. The molecule has 0 unspecified atom stereocenters. The van der Waals surface area contributed by atoms with E-state index < -0.39 is 5.97 Å². The topological polar surface area (TPSA) is 37.3 Å². The molecule has 2 nitrogen and oxygen atoms in total. The molecule has 0 atom stereocenters. The number of aliphatic carboxylic acids is 1. The molecule has 0 fully saturated rings. The van der Waals surface area contributed by atoms with Crippen LogP contribution in [0.3, 0.4) is 0 Å². The van der Waals surface area contributed by atoms with Crippen LogP contribution in [0.15, 0.2) is 27.2 Å². The molecule has 14 heavy (non-hydrogen) atoms. The van der Waals surface area contributed by atoms with Gasteiger partial charge in [-0.3, -0.25) is 0 Å². The summed E-state index contributed by atoms with van der Waals surface area (Å²) in [6, 6.07) is 3.50. The fourth-order valence-corrected chi connectivity index (χ4v) is 2.05. The molecule has 0 spiro atoms. The Morgan fingerprint density at radius 3 is 2.64 bits per heavy atom. The Labute approximate surface area is 103 Å². The molecule has 0 aliphatic carbocycles. The predicted molar refractivity (Wildman–Crippen MR) is 63.5 cm³/mol. The van der Waals surface area contributed by atoms with Gasteiger partial charge in [-0.1, -0.05) is 27.5 Å². The molecule has 1 aromatic carbocycles. The van der Waals surface area contributed by atoms with E-state index in [-0.39, 0.29) is 0 Å². The van der Waals surface area contributed by atoms with Crippen molar-refractivity contribution >= 4 is 55.5 Å². The number of benzene rings is 1. The summed E-state index contributed by atoms with van der Waals surface area (Å²) >= 11 is 12.4. The first kappa shape index (κ1) is 11.8. The molecule has 0 radical (unpaired) electrons. The van der Waals surface area contributed by atoms with Gasteiger partial charge in [-0.15, -0.1) is 0 Å². The van der Waals surface area contributed by atoms with E-state index in [2.05, 4.69) is 31.9 Å². The minimum Gasteiger partial charge on any atom is -0.478 e. The van der Waals surface area contributed by atoms with Gasteiger partial charge in [0.05, 0.1) is 5.02 Å². The van der Waals surface area contributed by atoms with Gasteiger partial charge >= 0.3 is 5.97 Å². The van der Waals surface area contributed by atoms with Crippen LogP contribution in [-0.2, 0) is 4.79 Å². The van der Waals surface area contributed by atoms with Crippen LogP contribution in [0, 0.1) is 0 Å². The SMILES string of the molecule is O=C(O)/C=C/c1cc(Br)cc(Cl)c1Br. The van der Waals surface area contributed by atoms with Crippen LogP contribution in [0.4, 0.5) is 0 Å². The molecule has 0 heterocycles. The summed E-state index contributed by atoms with van der Waals surface area (Å²) in [6.07, 6.45) is 2.53. The largest absolute Gasteiger partial charge is 0.478 e. The molecular weight excluding hydrogens is 335 g/mol. The molecule has 0 bridgehead atoms. The third-order valence-corrected chi connectivity index (χ3v) is 3.30. The lowest BCUT2D eigenvalue weighted by atomic mass is 10.2. The summed E-state index contributed by atoms with van der Waals surface area (Å²) in [6.45, 7) is 0. The molecule has 0 saturated carbocycles. The van der Waals surface area contributed by atoms with E-state index in [1.165, 1.54) is 6.08 Å². The molecular formula is C9H5Br2ClO2. The fraction of sp³-hybridized carbons (Fsp3) is 0. The zero-order valence-electron chi connectivity index (χ0n) is 6.80. The Morgan fingerprint density at radius 2 is 2.07 bits per heavy atom. The third-order valence-electron chi connectivity index (χ3n) is 1.43. The van der Waals surface area contributed by atoms with Crippen LogP contribution in [0.1, 0.15) is 5.56 Å². The average molecular weight is 340 g/mol. The number of hydrogen-bond donors (Lipinski definition) is 1. The second-order valence-electron chi connectivity index (χ2n) is 2.46. The lowest BCUT2D eigenvalue weighted by Gasteiger charge is -2.01. The van der Waals surface area contributed by atoms with Gasteiger partial charge in [0.2, 0.25) is 0 Å². The summed E-state index contributed by atoms with van der Waals surface area (Å²) in [7, 11) is 0. The maximum atomic E-state index is 10.3. The first-order chi connectivity index (χ1) is 6.50. The first-order valence-corrected chi connectivity index (χ1v) is 5.52. The number of rotatable bonds is 2. The Balaban J connectivity index is 3.14. The third kappa shape index (κ3) is 3.12. The molecule has 0 aliphatic heterocycles. The van der Waals surface area contributed by atoms with Crippen LogP contribution in [0.2, 0.25) is 5.02 Å². The Bertz CT molecular complexity index is 402. The van der Waals surface area contributed by atoms with Crippen molar-refractivity contribution in [2.75, 3.05) is 0 Å². The monoisotopic (exact) mass is 338 g/mol. The molecule has 0 saturated heterocycles. The van der Waals surface area contributed by atoms with Gasteiger partial charge < -0.3 is 5.11 Å². The Morgan fingerprint density at radius 1 is 1.43 bits per heavy atom. The highest BCUT2D eigenvalue weighted by Gasteiger charge is 2.03. The van der Waals surface area contributed by atoms with Crippen molar-refractivity contribution in [3.8, 4) is 0 Å². The summed E-state index contributed by atoms with van der Waals surface area (Å²) in [5.74, 6) is -0.993. The van der Waals surface area contributed by atoms with Crippen molar-refractivity contribution in [1.82, 2.24) is 0 Å². The van der Waals surface area contributed by atoms with E-state index in [0.29, 0.717) is 15.1 Å². The van der Waals surface area contributed by atoms with E-state index in [1.807, 2.05) is 0 Å². The highest BCUT2D eigenvalue weighted by Crippen LogP contribution is 2.31. The number of hydrogen-bond acceptors (Lipinski definition) is 1. The molecule has 0 aromatic heterocycles. The van der Waals surface area contributed by atoms with E-state index in [4.69, 9.17) is 16.7 Å². The van der Waals surface area contributed by atoms with Crippen LogP contribution < -0.4 is 0 Å². The molecule has 5 heteroatoms. The van der Waals surface area contributed by atoms with Gasteiger partial charge in [0.1, 0.15) is 0 Å². The minimum atomic E-state index is -0.993. The average Bonchev–Trinajstić information content (AvgIpc) is 2.08. The molecule has 74 valence electrons. The lowest BCUT2D eigenvalue weighted by molar-refractivity contribution is -0.131. The molecule has 1 aromatic rings. The number of carboxylic acids is 1. The normalized spacial score (nSPS) is 10.8. The van der Waals surface area contributed by atoms with Gasteiger partial charge in [-0.2, -0.15) is 0 Å². The lowest BCUT2D eigenvalue weighted by Crippen LogP contribution is -1.86. The summed E-state index contributed by atoms with van der Waals surface area (Å²) in [4.78, 5) is 10.3. The molecule has 0 aliphatic rings. The van der Waals surface area contributed by atoms with Gasteiger partial charge in [0.25, 0.3) is 0 Å². The molecule has 1 N–H and O–H groups in total. The van der Waals surface area contributed by atoms with E-state index >= 15 is 0 Å². The van der Waals surface area contributed by atoms with Crippen LogP contribution in [0.25, 0.3) is 6.08 Å². The van der Waals surface area contributed by atoms with Gasteiger partial charge in [0, 0.05) is 15.0 Å². The fourth-order valence-electron chi connectivity index (χ4n) is 0.858.